The Bertz CT molecular complexity index is 1470. The van der Waals surface area contributed by atoms with Crippen LogP contribution in [0.3, 0.4) is 0 Å². The number of amides is 1. The summed E-state index contributed by atoms with van der Waals surface area (Å²) in [5.74, 6) is -0.0571. The minimum atomic E-state index is -0.692. The molecule has 3 aromatic rings. The van der Waals surface area contributed by atoms with Gasteiger partial charge in [0.15, 0.2) is 6.73 Å². The molecule has 0 bridgehead atoms. The Morgan fingerprint density at radius 2 is 1.95 bits per heavy atom. The monoisotopic (exact) mass is 633 g/mol. The summed E-state index contributed by atoms with van der Waals surface area (Å²) in [5, 5.41) is 20.6. The van der Waals surface area contributed by atoms with E-state index in [1.807, 2.05) is 39.8 Å². The van der Waals surface area contributed by atoms with Crippen LogP contribution in [0.5, 0.6) is 5.75 Å². The van der Waals surface area contributed by atoms with Crippen molar-refractivity contribution in [2.45, 2.75) is 71.5 Å². The average molecular weight is 634 g/mol. The van der Waals surface area contributed by atoms with Crippen molar-refractivity contribution in [2.24, 2.45) is 7.05 Å². The molecular weight excluding hydrogens is 593 g/mol. The second-order valence-corrected chi connectivity index (χ2v) is 11.9. The molecule has 3 unspecified atom stereocenters. The predicted octanol–water partition coefficient (Wildman–Crippen LogP) is 4.35. The van der Waals surface area contributed by atoms with Gasteiger partial charge in [0, 0.05) is 44.7 Å². The summed E-state index contributed by atoms with van der Waals surface area (Å²) in [5.41, 5.74) is 3.51. The van der Waals surface area contributed by atoms with Gasteiger partial charge in [0.1, 0.15) is 23.4 Å². The quantitative estimate of drug-likeness (QED) is 0.113. The van der Waals surface area contributed by atoms with Gasteiger partial charge in [0.2, 0.25) is 9.03 Å². The molecule has 4 rings (SSSR count). The van der Waals surface area contributed by atoms with Crippen LogP contribution in [0.2, 0.25) is 0 Å². The van der Waals surface area contributed by atoms with Crippen molar-refractivity contribution in [3.63, 3.8) is 0 Å². The number of carbonyl (C=O) groups excluding carboxylic acids is 2. The number of methoxy groups -OCH3 is 2. The molecule has 1 aliphatic rings. The maximum Gasteiger partial charge on any atom is 0.308 e. The van der Waals surface area contributed by atoms with E-state index in [0.29, 0.717) is 41.7 Å². The van der Waals surface area contributed by atoms with Crippen LogP contribution in [-0.2, 0) is 54.2 Å². The van der Waals surface area contributed by atoms with Crippen molar-refractivity contribution in [3.05, 3.63) is 58.0 Å². The van der Waals surface area contributed by atoms with E-state index < -0.39 is 26.3 Å². The van der Waals surface area contributed by atoms with Crippen molar-refractivity contribution < 1.29 is 43.0 Å². The van der Waals surface area contributed by atoms with E-state index in [9.17, 15) is 9.59 Å². The number of nitrogens with zero attached hydrogens (tertiary/aromatic N) is 4. The fraction of sp³-hybridized carbons (Fsp3) is 0.517. The summed E-state index contributed by atoms with van der Waals surface area (Å²) in [6.45, 7) is 8.13. The van der Waals surface area contributed by atoms with Gasteiger partial charge in [-0.1, -0.05) is 19.9 Å². The van der Waals surface area contributed by atoms with Gasteiger partial charge in [-0.3, -0.25) is 14.3 Å². The van der Waals surface area contributed by atoms with Crippen molar-refractivity contribution in [1.82, 2.24) is 19.6 Å². The molecule has 14 nitrogen and oxygen atoms in total. The van der Waals surface area contributed by atoms with Crippen molar-refractivity contribution in [3.8, 4) is 5.75 Å². The number of hydrogen-bond donors (Lipinski definition) is 2. The van der Waals surface area contributed by atoms with Crippen LogP contribution >= 0.6 is 9.03 Å². The summed E-state index contributed by atoms with van der Waals surface area (Å²) in [6, 6.07) is 7.18. The first kappa shape index (κ1) is 33.5. The number of rotatable bonds is 14. The number of benzene rings is 1. The van der Waals surface area contributed by atoms with Crippen LogP contribution in [0.15, 0.2) is 24.3 Å². The highest BCUT2D eigenvalue weighted by atomic mass is 31.1. The lowest BCUT2D eigenvalue weighted by molar-refractivity contribution is -0.149. The molecule has 240 valence electrons. The molecule has 3 heterocycles. The van der Waals surface area contributed by atoms with Gasteiger partial charge in [-0.05, 0) is 37.1 Å². The first-order chi connectivity index (χ1) is 20.9. The maximum atomic E-state index is 13.2. The van der Waals surface area contributed by atoms with E-state index in [4.69, 9.17) is 28.7 Å². The van der Waals surface area contributed by atoms with Gasteiger partial charge in [-0.25, -0.2) is 9.94 Å². The predicted molar refractivity (Wildman–Crippen MR) is 161 cm³/mol. The normalized spacial score (nSPS) is 17.0. The third kappa shape index (κ3) is 8.00. The summed E-state index contributed by atoms with van der Waals surface area (Å²) >= 11 is 0. The number of hydrogen-bond acceptors (Lipinski definition) is 11. The van der Waals surface area contributed by atoms with Gasteiger partial charge in [0.05, 0.1) is 37.1 Å². The lowest BCUT2D eigenvalue weighted by Gasteiger charge is -2.28. The topological polar surface area (TPSA) is 157 Å². The summed E-state index contributed by atoms with van der Waals surface area (Å²) in [7, 11) is 4.24. The first-order valence-corrected chi connectivity index (χ1v) is 14.8. The van der Waals surface area contributed by atoms with Crippen LogP contribution in [0.1, 0.15) is 71.4 Å². The lowest BCUT2D eigenvalue weighted by Crippen LogP contribution is -2.26. The van der Waals surface area contributed by atoms with Crippen LogP contribution < -0.4 is 9.84 Å². The third-order valence-corrected chi connectivity index (χ3v) is 7.74. The number of aromatic nitrogens is 4. The third-order valence-electron chi connectivity index (χ3n) is 7.36. The van der Waals surface area contributed by atoms with Crippen molar-refractivity contribution >= 4 is 26.7 Å². The van der Waals surface area contributed by atoms with E-state index in [-0.39, 0.29) is 32.0 Å². The van der Waals surface area contributed by atoms with Gasteiger partial charge in [-0.15, -0.1) is 0 Å². The van der Waals surface area contributed by atoms with Gasteiger partial charge in [0.25, 0.3) is 5.91 Å². The molecule has 1 saturated heterocycles. The second-order valence-electron chi connectivity index (χ2n) is 11.3. The number of aryl methyl sites for hydroxylation is 3. The van der Waals surface area contributed by atoms with E-state index in [1.165, 1.54) is 9.36 Å². The largest absolute Gasteiger partial charge is 0.447 e. The van der Waals surface area contributed by atoms with Crippen LogP contribution in [0.25, 0.3) is 0 Å². The molecule has 3 atom stereocenters. The molecule has 1 aromatic carbocycles. The molecular formula is C29H40N5O9P. The lowest BCUT2D eigenvalue weighted by atomic mass is 9.78. The maximum absolute atomic E-state index is 13.2. The highest BCUT2D eigenvalue weighted by Crippen LogP contribution is 2.40. The molecule has 0 saturated carbocycles. The molecule has 1 fully saturated rings. The summed E-state index contributed by atoms with van der Waals surface area (Å²) in [6.07, 6.45) is 0.202. The minimum Gasteiger partial charge on any atom is -0.447 e. The fourth-order valence-corrected chi connectivity index (χ4v) is 5.76. The number of carbonyl (C=O) groups is 2. The first-order valence-electron chi connectivity index (χ1n) is 14.0. The van der Waals surface area contributed by atoms with E-state index >= 15 is 0 Å². The Morgan fingerprint density at radius 1 is 1.18 bits per heavy atom. The Kier molecular flexibility index (Phi) is 11.1. The molecule has 44 heavy (non-hydrogen) atoms. The van der Waals surface area contributed by atoms with Crippen LogP contribution in [-0.4, -0.2) is 63.6 Å². The van der Waals surface area contributed by atoms with Crippen molar-refractivity contribution in [2.75, 3.05) is 26.1 Å². The Hall–Kier alpha value is -3.39. The van der Waals surface area contributed by atoms with Crippen LogP contribution in [0, 0.1) is 13.8 Å². The van der Waals surface area contributed by atoms with E-state index in [0.717, 1.165) is 16.7 Å². The highest BCUT2D eigenvalue weighted by Gasteiger charge is 2.32. The molecule has 1 aliphatic heterocycles. The molecule has 0 aliphatic carbocycles. The van der Waals surface area contributed by atoms with Crippen LogP contribution in [0.4, 0.5) is 5.82 Å². The van der Waals surface area contributed by atoms with E-state index in [1.54, 1.807) is 33.4 Å². The van der Waals surface area contributed by atoms with E-state index in [2.05, 4.69) is 20.2 Å². The standard InChI is InChI=1S/C29H40N5O9P/c1-17-8-18(2)27(24(9-17)42-44-43-37)29(3,4)13-26(35)41-16-34-25(12-21(32-34)23-11-20(39-7)15-40-23)30-28(36)22-10-19(14-38-6)31-33(22)5/h8-10,12,20,23,37,44H,11,13-16H2,1-7H3,(H,30,36). The Morgan fingerprint density at radius 3 is 2.64 bits per heavy atom. The zero-order valence-corrected chi connectivity index (χ0v) is 27.0. The highest BCUT2D eigenvalue weighted by molar-refractivity contribution is 7.26. The SMILES string of the molecule is COCc1cc(C(=O)Nc2cc(C3CC(OC)CO3)nn2COC(=O)CC(C)(C)c2c(C)cc(C)cc2OPOO)n(C)n1. The Labute approximate surface area is 257 Å². The zero-order chi connectivity index (χ0) is 32.0. The molecule has 2 aromatic heterocycles. The number of nitrogens with one attached hydrogen (secondary N) is 1. The molecule has 2 N–H and O–H groups in total. The molecule has 15 heteroatoms. The Balaban J connectivity index is 1.52. The van der Waals surface area contributed by atoms with Gasteiger partial charge < -0.3 is 28.8 Å². The summed E-state index contributed by atoms with van der Waals surface area (Å²) in [4.78, 5) is 26.4. The fourth-order valence-electron chi connectivity index (χ4n) is 5.47. The summed E-state index contributed by atoms with van der Waals surface area (Å²) < 4.78 is 34.8. The minimum absolute atomic E-state index is 0.0186. The van der Waals surface area contributed by atoms with Gasteiger partial charge >= 0.3 is 5.97 Å². The smallest absolute Gasteiger partial charge is 0.308 e. The average Bonchev–Trinajstić information content (AvgIpc) is 3.68. The molecule has 0 spiro atoms. The second kappa shape index (κ2) is 14.6. The molecule has 0 radical (unpaired) electrons. The van der Waals surface area contributed by atoms with Gasteiger partial charge in [-0.2, -0.15) is 14.9 Å². The molecule has 1 amide bonds. The zero-order valence-electron chi connectivity index (χ0n) is 26.0. The number of ether oxygens (including phenoxy) is 4. The number of anilines is 1. The van der Waals surface area contributed by atoms with Crippen molar-refractivity contribution in [1.29, 1.82) is 0 Å². The number of esters is 1.